The third-order valence-electron chi connectivity index (χ3n) is 2.98. The van der Waals surface area contributed by atoms with Gasteiger partial charge in [0.25, 0.3) is 0 Å². The van der Waals surface area contributed by atoms with Crippen LogP contribution in [0, 0.1) is 0 Å². The largest absolute Gasteiger partial charge is 0.381 e. The lowest BCUT2D eigenvalue weighted by molar-refractivity contribution is -0.120. The summed E-state index contributed by atoms with van der Waals surface area (Å²) in [5, 5.41) is 2.92. The number of nitrogens with two attached hydrogens (primary N) is 1. The number of hydrogen-bond donors (Lipinski definition) is 2. The molecule has 3 N–H and O–H groups in total. The van der Waals surface area contributed by atoms with Gasteiger partial charge in [0.1, 0.15) is 0 Å². The van der Waals surface area contributed by atoms with Crippen molar-refractivity contribution in [1.82, 2.24) is 10.2 Å². The average molecular weight is 215 g/mol. The maximum absolute atomic E-state index is 11.1. The van der Waals surface area contributed by atoms with Crippen molar-refractivity contribution in [3.05, 3.63) is 0 Å². The molecule has 1 rings (SSSR count). The van der Waals surface area contributed by atoms with E-state index in [-0.39, 0.29) is 11.9 Å². The molecule has 1 unspecified atom stereocenters. The van der Waals surface area contributed by atoms with Crippen LogP contribution in [0.5, 0.6) is 0 Å². The van der Waals surface area contributed by atoms with Gasteiger partial charge >= 0.3 is 0 Å². The smallest absolute Gasteiger partial charge is 0.235 e. The number of likely N-dealkylation sites (N-methyl/N-ethyl adjacent to an activating group) is 2. The zero-order chi connectivity index (χ0) is 11.3. The molecule has 1 atom stereocenters. The third kappa shape index (κ3) is 3.77. The zero-order valence-electron chi connectivity index (χ0n) is 9.53. The summed E-state index contributed by atoms with van der Waals surface area (Å²) in [6.07, 6.45) is 2.07. The van der Waals surface area contributed by atoms with Crippen LogP contribution in [-0.2, 0) is 9.53 Å². The molecule has 0 aromatic carbocycles. The number of hydrogen-bond acceptors (Lipinski definition) is 4. The van der Waals surface area contributed by atoms with E-state index in [1.54, 1.807) is 7.05 Å². The summed E-state index contributed by atoms with van der Waals surface area (Å²) in [6.45, 7) is 2.29. The van der Waals surface area contributed by atoms with Crippen LogP contribution in [0.25, 0.3) is 0 Å². The van der Waals surface area contributed by atoms with E-state index >= 15 is 0 Å². The Bertz CT molecular complexity index is 205. The van der Waals surface area contributed by atoms with Gasteiger partial charge in [-0.1, -0.05) is 0 Å². The Labute approximate surface area is 90.9 Å². The zero-order valence-corrected chi connectivity index (χ0v) is 9.53. The summed E-state index contributed by atoms with van der Waals surface area (Å²) in [5.74, 6) is -0.295. The van der Waals surface area contributed by atoms with E-state index in [1.165, 1.54) is 0 Å². The van der Waals surface area contributed by atoms with Gasteiger partial charge in [-0.25, -0.2) is 0 Å². The van der Waals surface area contributed by atoms with Crippen LogP contribution in [0.1, 0.15) is 12.8 Å². The van der Waals surface area contributed by atoms with E-state index in [1.807, 2.05) is 7.05 Å². The Hall–Kier alpha value is -0.650. The molecule has 0 aliphatic carbocycles. The van der Waals surface area contributed by atoms with Gasteiger partial charge in [0.15, 0.2) is 0 Å². The van der Waals surface area contributed by atoms with Crippen LogP contribution >= 0.6 is 0 Å². The first-order valence-corrected chi connectivity index (χ1v) is 5.39. The molecule has 0 bridgehead atoms. The lowest BCUT2D eigenvalue weighted by Gasteiger charge is -2.32. The van der Waals surface area contributed by atoms with Crippen LogP contribution in [0.3, 0.4) is 0 Å². The quantitative estimate of drug-likeness (QED) is 0.628. The van der Waals surface area contributed by atoms with Gasteiger partial charge in [-0.2, -0.15) is 0 Å². The number of nitrogens with zero attached hydrogens (tertiary/aromatic N) is 1. The molecule has 5 heteroatoms. The molecule has 0 radical (unpaired) electrons. The minimum atomic E-state index is -0.295. The van der Waals surface area contributed by atoms with Crippen molar-refractivity contribution in [3.8, 4) is 0 Å². The van der Waals surface area contributed by atoms with Crippen LogP contribution < -0.4 is 11.1 Å². The van der Waals surface area contributed by atoms with E-state index in [2.05, 4.69) is 10.2 Å². The SMILES string of the molecule is CNC(CN(C)C1CCOCC1)C(N)=O. The van der Waals surface area contributed by atoms with Crippen LogP contribution in [0.15, 0.2) is 0 Å². The van der Waals surface area contributed by atoms with E-state index in [4.69, 9.17) is 10.5 Å². The number of amides is 1. The van der Waals surface area contributed by atoms with Crippen LogP contribution in [0.4, 0.5) is 0 Å². The minimum Gasteiger partial charge on any atom is -0.381 e. The standard InChI is InChI=1S/C10H21N3O2/c1-12-9(10(11)14)7-13(2)8-3-5-15-6-4-8/h8-9,12H,3-7H2,1-2H3,(H2,11,14). The third-order valence-corrected chi connectivity index (χ3v) is 2.98. The summed E-state index contributed by atoms with van der Waals surface area (Å²) in [4.78, 5) is 13.2. The molecule has 0 saturated carbocycles. The summed E-state index contributed by atoms with van der Waals surface area (Å²) in [7, 11) is 3.79. The van der Waals surface area contributed by atoms with Gasteiger partial charge in [-0.05, 0) is 26.9 Å². The summed E-state index contributed by atoms with van der Waals surface area (Å²) in [5.41, 5.74) is 5.27. The van der Waals surface area contributed by atoms with Gasteiger partial charge in [-0.3, -0.25) is 4.79 Å². The van der Waals surface area contributed by atoms with Crippen molar-refractivity contribution in [2.45, 2.75) is 24.9 Å². The molecule has 1 fully saturated rings. The molecule has 1 aliphatic heterocycles. The van der Waals surface area contributed by atoms with Gasteiger partial charge in [-0.15, -0.1) is 0 Å². The Morgan fingerprint density at radius 2 is 2.20 bits per heavy atom. The lowest BCUT2D eigenvalue weighted by atomic mass is 10.1. The van der Waals surface area contributed by atoms with Crippen LogP contribution in [-0.4, -0.2) is 56.7 Å². The fourth-order valence-electron chi connectivity index (χ4n) is 1.89. The molecule has 15 heavy (non-hydrogen) atoms. The number of rotatable bonds is 5. The molecule has 1 amide bonds. The molecule has 1 saturated heterocycles. The van der Waals surface area contributed by atoms with E-state index in [9.17, 15) is 4.79 Å². The first-order chi connectivity index (χ1) is 7.15. The van der Waals surface area contributed by atoms with Gasteiger partial charge < -0.3 is 20.7 Å². The topological polar surface area (TPSA) is 67.6 Å². The molecular weight excluding hydrogens is 194 g/mol. The summed E-state index contributed by atoms with van der Waals surface area (Å²) < 4.78 is 5.29. The van der Waals surface area contributed by atoms with Gasteiger partial charge in [0, 0.05) is 25.8 Å². The highest BCUT2D eigenvalue weighted by Gasteiger charge is 2.22. The van der Waals surface area contributed by atoms with Crippen molar-refractivity contribution in [1.29, 1.82) is 0 Å². The first kappa shape index (κ1) is 12.4. The molecule has 88 valence electrons. The van der Waals surface area contributed by atoms with E-state index in [0.29, 0.717) is 12.6 Å². The maximum Gasteiger partial charge on any atom is 0.235 e. The fraction of sp³-hybridized carbons (Fsp3) is 0.900. The van der Waals surface area contributed by atoms with Gasteiger partial charge in [0.2, 0.25) is 5.91 Å². The predicted molar refractivity (Wildman–Crippen MR) is 58.5 cm³/mol. The van der Waals surface area contributed by atoms with E-state index in [0.717, 1.165) is 26.1 Å². The predicted octanol–water partition coefficient (Wildman–Crippen LogP) is -0.829. The number of primary amides is 1. The summed E-state index contributed by atoms with van der Waals surface area (Å²) in [6, 6.07) is 0.242. The highest BCUT2D eigenvalue weighted by Crippen LogP contribution is 2.12. The molecule has 1 aliphatic rings. The van der Waals surface area contributed by atoms with Crippen molar-refractivity contribution in [2.24, 2.45) is 5.73 Å². The molecule has 0 spiro atoms. The Morgan fingerprint density at radius 3 is 2.67 bits per heavy atom. The number of carbonyl (C=O) groups is 1. The molecule has 0 aromatic heterocycles. The second-order valence-corrected chi connectivity index (χ2v) is 4.03. The Morgan fingerprint density at radius 1 is 1.60 bits per heavy atom. The van der Waals surface area contributed by atoms with Gasteiger partial charge in [0.05, 0.1) is 6.04 Å². The number of ether oxygens (including phenoxy) is 1. The number of carbonyl (C=O) groups excluding carboxylic acids is 1. The second kappa shape index (κ2) is 6.05. The molecule has 5 nitrogen and oxygen atoms in total. The first-order valence-electron chi connectivity index (χ1n) is 5.39. The van der Waals surface area contributed by atoms with Crippen molar-refractivity contribution in [3.63, 3.8) is 0 Å². The van der Waals surface area contributed by atoms with Crippen LogP contribution in [0.2, 0.25) is 0 Å². The molecule has 1 heterocycles. The van der Waals surface area contributed by atoms with Crippen molar-refractivity contribution in [2.75, 3.05) is 33.9 Å². The number of nitrogens with one attached hydrogen (secondary N) is 1. The van der Waals surface area contributed by atoms with E-state index < -0.39 is 0 Å². The Balaban J connectivity index is 2.38. The highest BCUT2D eigenvalue weighted by atomic mass is 16.5. The fourth-order valence-corrected chi connectivity index (χ4v) is 1.89. The molecular formula is C10H21N3O2. The lowest BCUT2D eigenvalue weighted by Crippen LogP contribution is -2.50. The Kier molecular flexibility index (Phi) is 5.01. The summed E-state index contributed by atoms with van der Waals surface area (Å²) >= 11 is 0. The maximum atomic E-state index is 11.1. The van der Waals surface area contributed by atoms with Crippen molar-refractivity contribution >= 4 is 5.91 Å². The minimum absolute atomic E-state index is 0.266. The van der Waals surface area contributed by atoms with Crippen molar-refractivity contribution < 1.29 is 9.53 Å². The average Bonchev–Trinajstić information content (AvgIpc) is 2.26. The monoisotopic (exact) mass is 215 g/mol. The highest BCUT2D eigenvalue weighted by molar-refractivity contribution is 5.80. The molecule has 0 aromatic rings. The normalized spacial score (nSPS) is 20.5. The second-order valence-electron chi connectivity index (χ2n) is 4.03.